The molecule has 0 radical (unpaired) electrons. The number of benzene rings is 1. The van der Waals surface area contributed by atoms with E-state index in [1.807, 2.05) is 0 Å². The standard InChI is InChI=1S/C16H18FN5O3/c17-10-3-1-2-9(6-10)11-7-22(8-12(11)15(24)25)14(23)5-4-13-19-16(18)21-20-13/h1-3,6,11-12H,4-5,7-8H2,(H,24,25)(H3,18,19,20,21)/t11-,12+/m0/s1. The highest BCUT2D eigenvalue weighted by Gasteiger charge is 2.40. The first-order valence-corrected chi connectivity index (χ1v) is 7.87. The molecular weight excluding hydrogens is 329 g/mol. The van der Waals surface area contributed by atoms with Gasteiger partial charge in [0.2, 0.25) is 11.9 Å². The van der Waals surface area contributed by atoms with E-state index in [4.69, 9.17) is 5.73 Å². The number of nitrogens with zero attached hydrogens (tertiary/aromatic N) is 3. The third kappa shape index (κ3) is 3.76. The molecule has 0 saturated carbocycles. The van der Waals surface area contributed by atoms with Gasteiger partial charge in [0, 0.05) is 31.8 Å². The van der Waals surface area contributed by atoms with Crippen molar-refractivity contribution in [1.82, 2.24) is 20.1 Å². The number of aliphatic carboxylic acids is 1. The first kappa shape index (κ1) is 16.9. The summed E-state index contributed by atoms with van der Waals surface area (Å²) in [5, 5.41) is 15.8. The number of nitrogens with one attached hydrogen (secondary N) is 1. The molecule has 8 nitrogen and oxygen atoms in total. The average Bonchev–Trinajstić information content (AvgIpc) is 3.19. The predicted octanol–water partition coefficient (Wildman–Crippen LogP) is 0.785. The highest BCUT2D eigenvalue weighted by atomic mass is 19.1. The molecule has 1 amide bonds. The summed E-state index contributed by atoms with van der Waals surface area (Å²) in [6, 6.07) is 5.86. The Bertz CT molecular complexity index is 794. The van der Waals surface area contributed by atoms with Crippen LogP contribution < -0.4 is 5.73 Å². The van der Waals surface area contributed by atoms with Crippen molar-refractivity contribution < 1.29 is 19.1 Å². The van der Waals surface area contributed by atoms with E-state index in [9.17, 15) is 19.1 Å². The van der Waals surface area contributed by atoms with Crippen molar-refractivity contribution in [3.63, 3.8) is 0 Å². The van der Waals surface area contributed by atoms with Gasteiger partial charge in [-0.2, -0.15) is 4.98 Å². The van der Waals surface area contributed by atoms with E-state index in [1.165, 1.54) is 17.0 Å². The van der Waals surface area contributed by atoms with Gasteiger partial charge in [0.05, 0.1) is 5.92 Å². The van der Waals surface area contributed by atoms with Crippen molar-refractivity contribution in [3.8, 4) is 0 Å². The normalized spacial score (nSPS) is 20.0. The van der Waals surface area contributed by atoms with Crippen molar-refractivity contribution in [1.29, 1.82) is 0 Å². The number of likely N-dealkylation sites (tertiary alicyclic amines) is 1. The number of nitrogens with two attached hydrogens (primary N) is 1. The number of halogens is 1. The Morgan fingerprint density at radius 3 is 2.84 bits per heavy atom. The van der Waals surface area contributed by atoms with Crippen molar-refractivity contribution in [2.24, 2.45) is 5.92 Å². The fraction of sp³-hybridized carbons (Fsp3) is 0.375. The Morgan fingerprint density at radius 1 is 1.40 bits per heavy atom. The Balaban J connectivity index is 1.68. The third-order valence-electron chi connectivity index (χ3n) is 4.39. The van der Waals surface area contributed by atoms with Crippen LogP contribution in [0.2, 0.25) is 0 Å². The number of aromatic nitrogens is 3. The lowest BCUT2D eigenvalue weighted by Gasteiger charge is -2.16. The molecule has 4 N–H and O–H groups in total. The molecule has 0 aliphatic carbocycles. The molecule has 2 aromatic rings. The molecule has 3 rings (SSSR count). The van der Waals surface area contributed by atoms with Crippen molar-refractivity contribution in [2.45, 2.75) is 18.8 Å². The highest BCUT2D eigenvalue weighted by molar-refractivity contribution is 5.79. The molecule has 1 fully saturated rings. The molecule has 9 heteroatoms. The number of hydrogen-bond acceptors (Lipinski definition) is 5. The summed E-state index contributed by atoms with van der Waals surface area (Å²) < 4.78 is 13.5. The fourth-order valence-corrected chi connectivity index (χ4v) is 3.14. The Morgan fingerprint density at radius 2 is 2.20 bits per heavy atom. The minimum Gasteiger partial charge on any atom is -0.481 e. The van der Waals surface area contributed by atoms with Crippen molar-refractivity contribution >= 4 is 17.8 Å². The monoisotopic (exact) mass is 347 g/mol. The number of aromatic amines is 1. The SMILES string of the molecule is Nc1n[nH]c(CCC(=O)N2C[C@@H](C(=O)O)[C@H](c3cccc(F)c3)C2)n1. The van der Waals surface area contributed by atoms with Gasteiger partial charge in [0.15, 0.2) is 0 Å². The average molecular weight is 347 g/mol. The molecule has 2 atom stereocenters. The Hall–Kier alpha value is -2.97. The topological polar surface area (TPSA) is 125 Å². The first-order valence-electron chi connectivity index (χ1n) is 7.87. The maximum Gasteiger partial charge on any atom is 0.308 e. The molecule has 1 aliphatic rings. The zero-order valence-corrected chi connectivity index (χ0v) is 13.4. The molecule has 1 aromatic carbocycles. The van der Waals surface area contributed by atoms with Gasteiger partial charge in [-0.25, -0.2) is 4.39 Å². The molecule has 25 heavy (non-hydrogen) atoms. The minimum absolute atomic E-state index is 0.105. The molecule has 1 aliphatic heterocycles. The van der Waals surface area contributed by atoms with Crippen LogP contribution in [0.25, 0.3) is 0 Å². The summed E-state index contributed by atoms with van der Waals surface area (Å²) >= 11 is 0. The van der Waals surface area contributed by atoms with E-state index in [0.717, 1.165) is 0 Å². The van der Waals surface area contributed by atoms with Crippen LogP contribution in [0, 0.1) is 11.7 Å². The van der Waals surface area contributed by atoms with Crippen LogP contribution in [0.1, 0.15) is 23.7 Å². The fourth-order valence-electron chi connectivity index (χ4n) is 3.14. The van der Waals surface area contributed by atoms with Crippen LogP contribution in [0.3, 0.4) is 0 Å². The number of rotatable bonds is 5. The van der Waals surface area contributed by atoms with Crippen LogP contribution in [0.5, 0.6) is 0 Å². The van der Waals surface area contributed by atoms with Crippen LogP contribution in [-0.4, -0.2) is 50.2 Å². The second-order valence-electron chi connectivity index (χ2n) is 6.05. The van der Waals surface area contributed by atoms with Gasteiger partial charge in [-0.1, -0.05) is 12.1 Å². The molecule has 1 saturated heterocycles. The number of anilines is 1. The number of carbonyl (C=O) groups is 2. The van der Waals surface area contributed by atoms with Gasteiger partial charge in [0.1, 0.15) is 11.6 Å². The van der Waals surface area contributed by atoms with Crippen LogP contribution >= 0.6 is 0 Å². The number of H-pyrrole nitrogens is 1. The predicted molar refractivity (Wildman–Crippen MR) is 86.0 cm³/mol. The maximum atomic E-state index is 13.5. The van der Waals surface area contributed by atoms with E-state index < -0.39 is 23.6 Å². The van der Waals surface area contributed by atoms with Gasteiger partial charge in [-0.15, -0.1) is 5.10 Å². The Kier molecular flexibility index (Phi) is 4.64. The molecular formula is C16H18FN5O3. The van der Waals surface area contributed by atoms with E-state index >= 15 is 0 Å². The van der Waals surface area contributed by atoms with Crippen LogP contribution in [0.15, 0.2) is 24.3 Å². The molecule has 132 valence electrons. The highest BCUT2D eigenvalue weighted by Crippen LogP contribution is 2.33. The zero-order valence-electron chi connectivity index (χ0n) is 13.4. The van der Waals surface area contributed by atoms with E-state index in [0.29, 0.717) is 17.8 Å². The number of carbonyl (C=O) groups excluding carboxylic acids is 1. The van der Waals surface area contributed by atoms with Gasteiger partial charge in [-0.05, 0) is 17.7 Å². The molecule has 0 unspecified atom stereocenters. The summed E-state index contributed by atoms with van der Waals surface area (Å²) in [7, 11) is 0. The molecule has 0 bridgehead atoms. The van der Waals surface area contributed by atoms with Gasteiger partial charge < -0.3 is 15.7 Å². The number of carboxylic acids is 1. The van der Waals surface area contributed by atoms with E-state index in [-0.39, 0.29) is 31.4 Å². The van der Waals surface area contributed by atoms with E-state index in [2.05, 4.69) is 15.2 Å². The zero-order chi connectivity index (χ0) is 18.0. The number of amides is 1. The third-order valence-corrected chi connectivity index (χ3v) is 4.39. The smallest absolute Gasteiger partial charge is 0.308 e. The van der Waals surface area contributed by atoms with Crippen LogP contribution in [0.4, 0.5) is 10.3 Å². The minimum atomic E-state index is -0.993. The van der Waals surface area contributed by atoms with Gasteiger partial charge in [0.25, 0.3) is 0 Å². The number of nitrogen functional groups attached to an aromatic ring is 1. The van der Waals surface area contributed by atoms with E-state index in [1.54, 1.807) is 12.1 Å². The number of carboxylic acid groups (broad SMARTS) is 1. The second-order valence-corrected chi connectivity index (χ2v) is 6.05. The first-order chi connectivity index (χ1) is 11.9. The molecule has 0 spiro atoms. The quantitative estimate of drug-likeness (QED) is 0.734. The second kappa shape index (κ2) is 6.88. The van der Waals surface area contributed by atoms with Crippen molar-refractivity contribution in [3.05, 3.63) is 41.5 Å². The number of hydrogen-bond donors (Lipinski definition) is 3. The maximum absolute atomic E-state index is 13.5. The summed E-state index contributed by atoms with van der Waals surface area (Å²) in [4.78, 5) is 29.4. The molecule has 1 aromatic heterocycles. The van der Waals surface area contributed by atoms with Gasteiger partial charge in [-0.3, -0.25) is 14.7 Å². The lowest BCUT2D eigenvalue weighted by Crippen LogP contribution is -2.30. The Labute approximate surface area is 142 Å². The van der Waals surface area contributed by atoms with Gasteiger partial charge >= 0.3 is 5.97 Å². The lowest BCUT2D eigenvalue weighted by molar-refractivity contribution is -0.141. The van der Waals surface area contributed by atoms with Crippen molar-refractivity contribution in [2.75, 3.05) is 18.8 Å². The molecule has 2 heterocycles. The summed E-state index contributed by atoms with van der Waals surface area (Å²) in [5.74, 6) is -2.17. The summed E-state index contributed by atoms with van der Waals surface area (Å²) in [6.07, 6.45) is 0.499. The lowest BCUT2D eigenvalue weighted by atomic mass is 9.89. The number of aryl methyl sites for hydroxylation is 1. The summed E-state index contributed by atoms with van der Waals surface area (Å²) in [5.41, 5.74) is 6.00. The largest absolute Gasteiger partial charge is 0.481 e. The van der Waals surface area contributed by atoms with Crippen LogP contribution in [-0.2, 0) is 16.0 Å². The summed E-state index contributed by atoms with van der Waals surface area (Å²) in [6.45, 7) is 0.353.